The predicted molar refractivity (Wildman–Crippen MR) is 77.6 cm³/mol. The number of aromatic nitrogens is 1. The molecule has 1 saturated carbocycles. The van der Waals surface area contributed by atoms with Gasteiger partial charge in [-0.25, -0.2) is 17.5 Å². The lowest BCUT2D eigenvalue weighted by atomic mass is 9.80. The van der Waals surface area contributed by atoms with E-state index in [0.717, 1.165) is 0 Å². The molecule has 0 unspecified atom stereocenters. The van der Waals surface area contributed by atoms with Crippen LogP contribution in [0.1, 0.15) is 31.2 Å². The minimum Gasteiger partial charge on any atom is -0.481 e. The minimum absolute atomic E-state index is 0.00433. The van der Waals surface area contributed by atoms with Gasteiger partial charge in [0.25, 0.3) is 0 Å². The Morgan fingerprint density at radius 1 is 1.45 bits per heavy atom. The van der Waals surface area contributed by atoms with Crippen LogP contribution >= 0.6 is 0 Å². The molecule has 0 aliphatic heterocycles. The number of hydrogen-bond acceptors (Lipinski definition) is 4. The Morgan fingerprint density at radius 2 is 2.09 bits per heavy atom. The number of sulfonamides is 1. The summed E-state index contributed by atoms with van der Waals surface area (Å²) in [6.07, 6.45) is 3.26. The van der Waals surface area contributed by atoms with Gasteiger partial charge in [-0.15, -0.1) is 0 Å². The fourth-order valence-corrected chi connectivity index (χ4v) is 3.70. The molecule has 2 N–H and O–H groups in total. The molecule has 1 aromatic heterocycles. The van der Waals surface area contributed by atoms with E-state index in [2.05, 4.69) is 9.71 Å². The maximum atomic E-state index is 14.6. The van der Waals surface area contributed by atoms with Gasteiger partial charge in [0.1, 0.15) is 10.6 Å². The monoisotopic (exact) mass is 330 g/mol. The first-order valence-electron chi connectivity index (χ1n) is 7.05. The largest absolute Gasteiger partial charge is 0.481 e. The van der Waals surface area contributed by atoms with E-state index in [4.69, 9.17) is 5.11 Å². The number of rotatable bonds is 5. The number of carbonyl (C=O) groups is 1. The lowest BCUT2D eigenvalue weighted by Crippen LogP contribution is -2.43. The SMILES string of the molecule is Cc1cncc(S(=O)(=O)NCC2(F)CCC(C(=O)O)CC2)c1. The van der Waals surface area contributed by atoms with Crippen molar-refractivity contribution in [3.05, 3.63) is 24.0 Å². The van der Waals surface area contributed by atoms with Crippen molar-refractivity contribution in [2.75, 3.05) is 6.54 Å². The highest BCUT2D eigenvalue weighted by atomic mass is 32.2. The predicted octanol–water partition coefficient (Wildman–Crippen LogP) is 1.65. The van der Waals surface area contributed by atoms with Crippen molar-refractivity contribution >= 4 is 16.0 Å². The molecular weight excluding hydrogens is 311 g/mol. The molecule has 1 aliphatic carbocycles. The van der Waals surface area contributed by atoms with Gasteiger partial charge in [0, 0.05) is 18.9 Å². The fourth-order valence-electron chi connectivity index (χ4n) is 2.54. The maximum Gasteiger partial charge on any atom is 0.306 e. The van der Waals surface area contributed by atoms with Gasteiger partial charge in [0.2, 0.25) is 10.0 Å². The van der Waals surface area contributed by atoms with Crippen molar-refractivity contribution in [2.45, 2.75) is 43.2 Å². The highest BCUT2D eigenvalue weighted by Crippen LogP contribution is 2.35. The first kappa shape index (κ1) is 16.8. The topological polar surface area (TPSA) is 96.4 Å². The molecule has 0 spiro atoms. The van der Waals surface area contributed by atoms with Gasteiger partial charge < -0.3 is 5.11 Å². The van der Waals surface area contributed by atoms with Crippen molar-refractivity contribution < 1.29 is 22.7 Å². The molecule has 1 fully saturated rings. The summed E-state index contributed by atoms with van der Waals surface area (Å²) in [5.74, 6) is -1.46. The van der Waals surface area contributed by atoms with Gasteiger partial charge in [0.05, 0.1) is 5.92 Å². The third kappa shape index (κ3) is 4.01. The van der Waals surface area contributed by atoms with Gasteiger partial charge in [-0.05, 0) is 44.2 Å². The quantitative estimate of drug-likeness (QED) is 0.856. The summed E-state index contributed by atoms with van der Waals surface area (Å²) in [7, 11) is -3.82. The van der Waals surface area contributed by atoms with E-state index in [0.29, 0.717) is 5.56 Å². The lowest BCUT2D eigenvalue weighted by molar-refractivity contribution is -0.143. The van der Waals surface area contributed by atoms with Crippen LogP contribution in [0.2, 0.25) is 0 Å². The van der Waals surface area contributed by atoms with Crippen LogP contribution < -0.4 is 4.72 Å². The molecule has 22 heavy (non-hydrogen) atoms. The summed E-state index contributed by atoms with van der Waals surface area (Å²) in [5, 5.41) is 8.90. The summed E-state index contributed by atoms with van der Waals surface area (Å²) < 4.78 is 41.1. The summed E-state index contributed by atoms with van der Waals surface area (Å²) in [6, 6.07) is 1.46. The van der Waals surface area contributed by atoms with E-state index in [1.807, 2.05) is 0 Å². The Morgan fingerprint density at radius 3 is 2.64 bits per heavy atom. The van der Waals surface area contributed by atoms with Crippen molar-refractivity contribution in [1.82, 2.24) is 9.71 Å². The van der Waals surface area contributed by atoms with Crippen molar-refractivity contribution in [2.24, 2.45) is 5.92 Å². The van der Waals surface area contributed by atoms with Crippen LogP contribution in [0.25, 0.3) is 0 Å². The highest BCUT2D eigenvalue weighted by molar-refractivity contribution is 7.89. The van der Waals surface area contributed by atoms with E-state index < -0.39 is 27.6 Å². The molecule has 0 bridgehead atoms. The maximum absolute atomic E-state index is 14.6. The van der Waals surface area contributed by atoms with Crippen LogP contribution in [0.15, 0.2) is 23.4 Å². The number of nitrogens with one attached hydrogen (secondary N) is 1. The van der Waals surface area contributed by atoms with Crippen LogP contribution in [-0.2, 0) is 14.8 Å². The van der Waals surface area contributed by atoms with Crippen molar-refractivity contribution in [1.29, 1.82) is 0 Å². The van der Waals surface area contributed by atoms with Gasteiger partial charge in [-0.1, -0.05) is 0 Å². The third-order valence-electron chi connectivity index (χ3n) is 3.97. The zero-order valence-corrected chi connectivity index (χ0v) is 13.1. The molecular formula is C14H19FN2O4S. The Hall–Kier alpha value is -1.54. The number of carboxylic acids is 1. The van der Waals surface area contributed by atoms with E-state index >= 15 is 0 Å². The van der Waals surface area contributed by atoms with Crippen LogP contribution in [0, 0.1) is 12.8 Å². The zero-order valence-electron chi connectivity index (χ0n) is 12.3. The summed E-state index contributed by atoms with van der Waals surface area (Å²) in [6.45, 7) is 1.37. The van der Waals surface area contributed by atoms with Crippen LogP contribution in [0.5, 0.6) is 0 Å². The van der Waals surface area contributed by atoms with Gasteiger partial charge in [0.15, 0.2) is 0 Å². The summed E-state index contributed by atoms with van der Waals surface area (Å²) in [5.41, 5.74) is -1.00. The molecule has 0 atom stereocenters. The molecule has 1 heterocycles. The normalized spacial score (nSPS) is 25.8. The first-order valence-corrected chi connectivity index (χ1v) is 8.53. The second-order valence-electron chi connectivity index (χ2n) is 5.79. The molecule has 122 valence electrons. The highest BCUT2D eigenvalue weighted by Gasteiger charge is 2.38. The number of alkyl halides is 1. The summed E-state index contributed by atoms with van der Waals surface area (Å²) in [4.78, 5) is 14.7. The molecule has 0 saturated heterocycles. The second kappa shape index (κ2) is 6.29. The molecule has 1 aromatic rings. The van der Waals surface area contributed by atoms with E-state index in [1.165, 1.54) is 18.5 Å². The number of carboxylic acid groups (broad SMARTS) is 1. The van der Waals surface area contributed by atoms with E-state index in [-0.39, 0.29) is 37.1 Å². The Kier molecular flexibility index (Phi) is 4.81. The molecule has 0 radical (unpaired) electrons. The number of aryl methyl sites for hydroxylation is 1. The van der Waals surface area contributed by atoms with Gasteiger partial charge >= 0.3 is 5.97 Å². The van der Waals surface area contributed by atoms with Crippen molar-refractivity contribution in [3.63, 3.8) is 0 Å². The minimum atomic E-state index is -3.82. The molecule has 0 amide bonds. The fraction of sp³-hybridized carbons (Fsp3) is 0.571. The average molecular weight is 330 g/mol. The third-order valence-corrected chi connectivity index (χ3v) is 5.34. The van der Waals surface area contributed by atoms with E-state index in [9.17, 15) is 17.6 Å². The number of hydrogen-bond donors (Lipinski definition) is 2. The van der Waals surface area contributed by atoms with Crippen LogP contribution in [0.4, 0.5) is 4.39 Å². The summed E-state index contributed by atoms with van der Waals surface area (Å²) >= 11 is 0. The second-order valence-corrected chi connectivity index (χ2v) is 7.55. The molecule has 2 rings (SSSR count). The van der Waals surface area contributed by atoms with Crippen LogP contribution in [0.3, 0.4) is 0 Å². The Balaban J connectivity index is 1.99. The number of aliphatic carboxylic acids is 1. The number of halogens is 1. The molecule has 0 aromatic carbocycles. The molecule has 8 heteroatoms. The van der Waals surface area contributed by atoms with E-state index in [1.54, 1.807) is 6.92 Å². The van der Waals surface area contributed by atoms with Gasteiger partial charge in [-0.3, -0.25) is 9.78 Å². The Bertz CT molecular complexity index is 655. The lowest BCUT2D eigenvalue weighted by Gasteiger charge is -2.32. The molecule has 1 aliphatic rings. The Labute approximate surface area is 128 Å². The first-order chi connectivity index (χ1) is 10.2. The van der Waals surface area contributed by atoms with Crippen molar-refractivity contribution in [3.8, 4) is 0 Å². The van der Waals surface area contributed by atoms with Gasteiger partial charge in [-0.2, -0.15) is 0 Å². The molecule has 6 nitrogen and oxygen atoms in total. The average Bonchev–Trinajstić information content (AvgIpc) is 2.46. The standard InChI is InChI=1S/C14H19FN2O4S/c1-10-6-12(8-16-7-10)22(20,21)17-9-14(15)4-2-11(3-5-14)13(18)19/h6-8,11,17H,2-5,9H2,1H3,(H,18,19). The van der Waals surface area contributed by atoms with Crippen LogP contribution in [-0.4, -0.2) is 36.7 Å². The number of nitrogens with zero attached hydrogens (tertiary/aromatic N) is 1. The number of pyridine rings is 1. The smallest absolute Gasteiger partial charge is 0.306 e. The zero-order chi connectivity index (χ0) is 16.4.